The monoisotopic (exact) mass is 574 g/mol. The van der Waals surface area contributed by atoms with E-state index in [0.29, 0.717) is 43.5 Å². The predicted octanol–water partition coefficient (Wildman–Crippen LogP) is 6.41. The van der Waals surface area contributed by atoms with E-state index in [-0.39, 0.29) is 0 Å². The summed E-state index contributed by atoms with van der Waals surface area (Å²) in [6.45, 7) is 3.14. The molecule has 4 aromatic rings. The van der Waals surface area contributed by atoms with Crippen molar-refractivity contribution in [1.82, 2.24) is 19.9 Å². The number of rotatable bonds is 7. The lowest BCUT2D eigenvalue weighted by atomic mass is 10.1. The largest absolute Gasteiger partial charge is 0.433 e. The molecule has 0 atom stereocenters. The van der Waals surface area contributed by atoms with Crippen molar-refractivity contribution in [3.8, 4) is 17.8 Å². The van der Waals surface area contributed by atoms with E-state index in [0.717, 1.165) is 54.2 Å². The average molecular weight is 575 g/mol. The average Bonchev–Trinajstić information content (AvgIpc) is 3.35. The van der Waals surface area contributed by atoms with Gasteiger partial charge in [-0.05, 0) is 67.4 Å². The third-order valence-electron chi connectivity index (χ3n) is 6.95. The number of H-pyrrole nitrogens is 1. The van der Waals surface area contributed by atoms with Crippen LogP contribution in [0.15, 0.2) is 54.9 Å². The second kappa shape index (κ2) is 11.3. The number of anilines is 1. The van der Waals surface area contributed by atoms with Crippen LogP contribution < -0.4 is 9.64 Å². The van der Waals surface area contributed by atoms with Crippen molar-refractivity contribution in [2.45, 2.75) is 25.2 Å². The molecule has 0 saturated carbocycles. The van der Waals surface area contributed by atoms with Crippen molar-refractivity contribution in [3.05, 3.63) is 77.2 Å². The minimum Gasteiger partial charge on any atom is -0.424 e. The highest BCUT2D eigenvalue weighted by Gasteiger charge is 2.37. The molecular weight excluding hydrogens is 550 g/mol. The summed E-state index contributed by atoms with van der Waals surface area (Å²) in [5, 5.41) is 10.2. The summed E-state index contributed by atoms with van der Waals surface area (Å²) in [5.74, 6) is -0.682. The van der Waals surface area contributed by atoms with Gasteiger partial charge in [0.1, 0.15) is 11.3 Å². The molecule has 13 heteroatoms. The molecule has 1 aliphatic heterocycles. The standard InChI is InChI=1S/C28H24F6N6O/c29-27(30,31)22-15-20(4-6-24(22)41-26-36-8-7-25(38-26)28(32,33)34)40-12-10-39(11-13-40)9-1-2-19-17-37-23-5-3-18(16-35)14-21(19)23/h3-8,14-15,17,37H,1-2,9-13H2. The van der Waals surface area contributed by atoms with E-state index in [1.54, 1.807) is 6.07 Å². The Kier molecular flexibility index (Phi) is 7.77. The number of piperazine rings is 1. The quantitative estimate of drug-likeness (QED) is 0.257. The van der Waals surface area contributed by atoms with Crippen LogP contribution in [0.2, 0.25) is 0 Å². The number of aromatic amines is 1. The smallest absolute Gasteiger partial charge is 0.424 e. The molecule has 2 aromatic carbocycles. The number of fused-ring (bicyclic) bond motifs is 1. The Morgan fingerprint density at radius 3 is 2.44 bits per heavy atom. The summed E-state index contributed by atoms with van der Waals surface area (Å²) >= 11 is 0. The van der Waals surface area contributed by atoms with Crippen molar-refractivity contribution >= 4 is 16.6 Å². The van der Waals surface area contributed by atoms with Crippen LogP contribution in [0.4, 0.5) is 32.0 Å². The number of hydrogen-bond donors (Lipinski definition) is 1. The first-order valence-corrected chi connectivity index (χ1v) is 12.8. The van der Waals surface area contributed by atoms with E-state index < -0.39 is 35.4 Å². The van der Waals surface area contributed by atoms with Crippen molar-refractivity contribution in [1.29, 1.82) is 5.26 Å². The number of aryl methyl sites for hydroxylation is 1. The minimum absolute atomic E-state index is 0.335. The van der Waals surface area contributed by atoms with Gasteiger partial charge in [-0.2, -0.15) is 36.6 Å². The maximum atomic E-state index is 13.9. The number of alkyl halides is 6. The molecule has 0 aliphatic carbocycles. The fourth-order valence-electron chi connectivity index (χ4n) is 4.85. The highest BCUT2D eigenvalue weighted by atomic mass is 19.4. The van der Waals surface area contributed by atoms with Gasteiger partial charge >= 0.3 is 18.4 Å². The number of nitrogens with zero attached hydrogens (tertiary/aromatic N) is 5. The van der Waals surface area contributed by atoms with Gasteiger partial charge in [0.25, 0.3) is 0 Å². The van der Waals surface area contributed by atoms with E-state index in [1.807, 2.05) is 23.2 Å². The predicted molar refractivity (Wildman–Crippen MR) is 139 cm³/mol. The molecule has 0 amide bonds. The Balaban J connectivity index is 1.20. The summed E-state index contributed by atoms with van der Waals surface area (Å²) in [4.78, 5) is 14.0. The Bertz CT molecular complexity index is 1570. The van der Waals surface area contributed by atoms with E-state index in [4.69, 9.17) is 10.00 Å². The van der Waals surface area contributed by atoms with Crippen LogP contribution in [0.5, 0.6) is 11.8 Å². The van der Waals surface area contributed by atoms with Gasteiger partial charge in [-0.15, -0.1) is 0 Å². The second-order valence-corrected chi connectivity index (χ2v) is 9.62. The van der Waals surface area contributed by atoms with Crippen LogP contribution in [0.3, 0.4) is 0 Å². The number of nitriles is 1. The van der Waals surface area contributed by atoms with Crippen LogP contribution in [0, 0.1) is 11.3 Å². The molecule has 1 saturated heterocycles. The minimum atomic E-state index is -4.81. The van der Waals surface area contributed by atoms with Crippen molar-refractivity contribution in [2.24, 2.45) is 0 Å². The van der Waals surface area contributed by atoms with Gasteiger partial charge in [-0.25, -0.2) is 4.98 Å². The van der Waals surface area contributed by atoms with Crippen LogP contribution in [-0.4, -0.2) is 52.6 Å². The summed E-state index contributed by atoms with van der Waals surface area (Å²) in [5.41, 5.74) is 0.600. The lowest BCUT2D eigenvalue weighted by Crippen LogP contribution is -2.46. The summed E-state index contributed by atoms with van der Waals surface area (Å²) in [7, 11) is 0. The molecular formula is C28H24F6N6O. The number of hydrogen-bond acceptors (Lipinski definition) is 6. The van der Waals surface area contributed by atoms with E-state index in [9.17, 15) is 26.3 Å². The maximum absolute atomic E-state index is 13.9. The Hall–Kier alpha value is -4.31. The normalized spacial score (nSPS) is 14.8. The first-order valence-electron chi connectivity index (χ1n) is 12.8. The molecule has 5 rings (SSSR count). The number of nitrogens with one attached hydrogen (secondary N) is 1. The molecule has 214 valence electrons. The van der Waals surface area contributed by atoms with E-state index in [1.165, 1.54) is 6.07 Å². The SMILES string of the molecule is N#Cc1ccc2[nH]cc(CCCN3CCN(c4ccc(Oc5nccc(C(F)(F)F)n5)c(C(F)(F)F)c4)CC3)c2c1. The van der Waals surface area contributed by atoms with Crippen LogP contribution in [-0.2, 0) is 18.8 Å². The molecule has 2 aromatic heterocycles. The molecule has 0 unspecified atom stereocenters. The van der Waals surface area contributed by atoms with E-state index >= 15 is 0 Å². The fraction of sp³-hybridized carbons (Fsp3) is 0.321. The molecule has 1 fully saturated rings. The van der Waals surface area contributed by atoms with Gasteiger partial charge in [-0.1, -0.05) is 0 Å². The Morgan fingerprint density at radius 1 is 0.951 bits per heavy atom. The zero-order valence-electron chi connectivity index (χ0n) is 21.6. The maximum Gasteiger partial charge on any atom is 0.433 e. The number of ether oxygens (including phenoxy) is 1. The fourth-order valence-corrected chi connectivity index (χ4v) is 4.85. The lowest BCUT2D eigenvalue weighted by molar-refractivity contribution is -0.142. The first kappa shape index (κ1) is 28.2. The molecule has 41 heavy (non-hydrogen) atoms. The van der Waals surface area contributed by atoms with Gasteiger partial charge < -0.3 is 14.6 Å². The number of aromatic nitrogens is 3. The highest BCUT2D eigenvalue weighted by Crippen LogP contribution is 2.40. The molecule has 0 radical (unpaired) electrons. The van der Waals surface area contributed by atoms with Gasteiger partial charge in [0, 0.05) is 55.2 Å². The third-order valence-corrected chi connectivity index (χ3v) is 6.95. The molecule has 1 N–H and O–H groups in total. The number of halogens is 6. The molecule has 3 heterocycles. The van der Waals surface area contributed by atoms with Gasteiger partial charge in [0.05, 0.1) is 11.6 Å². The molecule has 0 bridgehead atoms. The van der Waals surface area contributed by atoms with Crippen molar-refractivity contribution in [3.63, 3.8) is 0 Å². The van der Waals surface area contributed by atoms with Gasteiger partial charge in [-0.3, -0.25) is 4.90 Å². The van der Waals surface area contributed by atoms with E-state index in [2.05, 4.69) is 25.9 Å². The zero-order valence-corrected chi connectivity index (χ0v) is 21.6. The zero-order chi connectivity index (χ0) is 29.2. The summed E-state index contributed by atoms with van der Waals surface area (Å²) in [6, 6.07) is 10.9. The topological polar surface area (TPSA) is 81.1 Å². The third kappa shape index (κ3) is 6.54. The highest BCUT2D eigenvalue weighted by molar-refractivity contribution is 5.84. The first-order chi connectivity index (χ1) is 19.5. The van der Waals surface area contributed by atoms with Crippen LogP contribution in [0.1, 0.15) is 28.8 Å². The summed E-state index contributed by atoms with van der Waals surface area (Å²) < 4.78 is 85.5. The van der Waals surface area contributed by atoms with Gasteiger partial charge in [0.2, 0.25) is 0 Å². The lowest BCUT2D eigenvalue weighted by Gasteiger charge is -2.36. The van der Waals surface area contributed by atoms with Gasteiger partial charge in [0.15, 0.2) is 5.69 Å². The van der Waals surface area contributed by atoms with Crippen molar-refractivity contribution in [2.75, 3.05) is 37.6 Å². The summed E-state index contributed by atoms with van der Waals surface area (Å²) in [6.07, 6.45) is -5.18. The second-order valence-electron chi connectivity index (χ2n) is 9.62. The van der Waals surface area contributed by atoms with Crippen molar-refractivity contribution < 1.29 is 31.1 Å². The Labute approximate surface area is 231 Å². The molecule has 7 nitrogen and oxygen atoms in total. The van der Waals surface area contributed by atoms with Crippen LogP contribution in [0.25, 0.3) is 10.9 Å². The van der Waals surface area contributed by atoms with Crippen LogP contribution >= 0.6 is 0 Å². The number of benzene rings is 2. The molecule has 0 spiro atoms. The Morgan fingerprint density at radius 2 is 1.73 bits per heavy atom. The molecule has 1 aliphatic rings.